The molecule has 0 aliphatic heterocycles. The fourth-order valence-electron chi connectivity index (χ4n) is 1.32. The van der Waals surface area contributed by atoms with Crippen LogP contribution in [0, 0.1) is 0 Å². The Morgan fingerprint density at radius 3 is 1.33 bits per heavy atom. The fraction of sp³-hybridized carbons (Fsp3) is 0.400. The second kappa shape index (κ2) is 4.96. The van der Waals surface area contributed by atoms with E-state index in [1.54, 1.807) is 0 Å². The quantitative estimate of drug-likeness (QED) is 0.795. The first kappa shape index (κ1) is 15.1. The molecule has 6 nitrogen and oxygen atoms in total. The van der Waals surface area contributed by atoms with Crippen LogP contribution in [0.2, 0.25) is 0 Å². The van der Waals surface area contributed by atoms with E-state index >= 15 is 0 Å². The molecule has 0 saturated carbocycles. The van der Waals surface area contributed by atoms with Crippen molar-refractivity contribution >= 4 is 19.7 Å². The van der Waals surface area contributed by atoms with Crippen LogP contribution in [0.25, 0.3) is 0 Å². The molecule has 2 unspecified atom stereocenters. The van der Waals surface area contributed by atoms with Gasteiger partial charge in [0.25, 0.3) is 0 Å². The number of hydrogen-bond donors (Lipinski definition) is 2. The Hall–Kier alpha value is -0.960. The number of nitrogens with two attached hydrogens (primary N) is 2. The maximum Gasteiger partial charge on any atom is 0.195 e. The Labute approximate surface area is 107 Å². The first-order valence-corrected chi connectivity index (χ1v) is 8.29. The van der Waals surface area contributed by atoms with Crippen LogP contribution in [-0.2, 0) is 19.7 Å². The number of sulfone groups is 2. The molecule has 1 aromatic rings. The van der Waals surface area contributed by atoms with Crippen LogP contribution in [0.3, 0.4) is 0 Å². The highest BCUT2D eigenvalue weighted by atomic mass is 32.2. The molecule has 0 amide bonds. The molecular formula is C10H16N2O4S2. The number of benzene rings is 1. The lowest BCUT2D eigenvalue weighted by molar-refractivity contribution is 0.571. The van der Waals surface area contributed by atoms with Crippen LogP contribution in [0.5, 0.6) is 0 Å². The summed E-state index contributed by atoms with van der Waals surface area (Å²) in [5.74, 6) is 0. The first-order chi connectivity index (χ1) is 8.11. The van der Waals surface area contributed by atoms with Crippen LogP contribution in [0.15, 0.2) is 34.1 Å². The molecule has 0 saturated heterocycles. The van der Waals surface area contributed by atoms with Gasteiger partial charge in [-0.25, -0.2) is 16.8 Å². The summed E-state index contributed by atoms with van der Waals surface area (Å²) in [5, 5.41) is -2.39. The molecule has 0 heterocycles. The average Bonchev–Trinajstić information content (AvgIpc) is 2.28. The Bertz CT molecular complexity index is 577. The van der Waals surface area contributed by atoms with Gasteiger partial charge < -0.3 is 11.5 Å². The van der Waals surface area contributed by atoms with Gasteiger partial charge in [-0.3, -0.25) is 0 Å². The highest BCUT2D eigenvalue weighted by molar-refractivity contribution is 7.95. The topological polar surface area (TPSA) is 120 Å². The third kappa shape index (κ3) is 2.56. The third-order valence-corrected chi connectivity index (χ3v) is 6.47. The van der Waals surface area contributed by atoms with Crippen molar-refractivity contribution in [2.24, 2.45) is 11.5 Å². The fourth-order valence-corrected chi connectivity index (χ4v) is 4.05. The van der Waals surface area contributed by atoms with Crippen molar-refractivity contribution in [2.75, 3.05) is 0 Å². The van der Waals surface area contributed by atoms with Gasteiger partial charge in [0.15, 0.2) is 19.7 Å². The highest BCUT2D eigenvalue weighted by Gasteiger charge is 2.30. The van der Waals surface area contributed by atoms with Gasteiger partial charge in [0.2, 0.25) is 0 Å². The Kier molecular flexibility index (Phi) is 4.16. The van der Waals surface area contributed by atoms with Crippen LogP contribution < -0.4 is 11.5 Å². The van der Waals surface area contributed by atoms with Crippen molar-refractivity contribution in [1.29, 1.82) is 0 Å². The average molecular weight is 292 g/mol. The van der Waals surface area contributed by atoms with Crippen LogP contribution in [0.4, 0.5) is 0 Å². The minimum Gasteiger partial charge on any atom is -0.315 e. The zero-order chi connectivity index (χ0) is 14.1. The van der Waals surface area contributed by atoms with Crippen LogP contribution >= 0.6 is 0 Å². The van der Waals surface area contributed by atoms with Crippen molar-refractivity contribution in [1.82, 2.24) is 0 Å². The lowest BCUT2D eigenvalue weighted by atomic mass is 10.4. The molecule has 4 N–H and O–H groups in total. The molecule has 0 bridgehead atoms. The zero-order valence-electron chi connectivity index (χ0n) is 10.1. The summed E-state index contributed by atoms with van der Waals surface area (Å²) in [7, 11) is -7.76. The zero-order valence-corrected chi connectivity index (χ0v) is 11.7. The second-order valence-electron chi connectivity index (χ2n) is 3.95. The van der Waals surface area contributed by atoms with E-state index in [-0.39, 0.29) is 9.79 Å². The summed E-state index contributed by atoms with van der Waals surface area (Å²) in [4.78, 5) is -0.616. The molecule has 1 aromatic carbocycles. The van der Waals surface area contributed by atoms with Crippen molar-refractivity contribution in [3.63, 3.8) is 0 Å². The Balaban J connectivity index is 3.62. The highest BCUT2D eigenvalue weighted by Crippen LogP contribution is 2.25. The molecule has 1 rings (SSSR count). The molecule has 18 heavy (non-hydrogen) atoms. The lowest BCUT2D eigenvalue weighted by Crippen LogP contribution is -2.31. The lowest BCUT2D eigenvalue weighted by Gasteiger charge is -2.14. The van der Waals surface area contributed by atoms with Crippen molar-refractivity contribution < 1.29 is 16.8 Å². The van der Waals surface area contributed by atoms with E-state index < -0.39 is 30.4 Å². The maximum atomic E-state index is 12.0. The summed E-state index contributed by atoms with van der Waals surface area (Å²) in [6.45, 7) is 2.56. The van der Waals surface area contributed by atoms with E-state index in [9.17, 15) is 16.8 Å². The first-order valence-electron chi connectivity index (χ1n) is 5.20. The van der Waals surface area contributed by atoms with Gasteiger partial charge in [0, 0.05) is 0 Å². The molecule has 102 valence electrons. The molecule has 0 aromatic heterocycles. The Morgan fingerprint density at radius 2 is 1.11 bits per heavy atom. The molecule has 0 spiro atoms. The molecule has 0 aliphatic carbocycles. The van der Waals surface area contributed by atoms with E-state index in [4.69, 9.17) is 11.5 Å². The molecular weight excluding hydrogens is 276 g/mol. The van der Waals surface area contributed by atoms with Gasteiger partial charge in [-0.1, -0.05) is 12.1 Å². The number of hydrogen-bond acceptors (Lipinski definition) is 6. The summed E-state index contributed by atoms with van der Waals surface area (Å²) in [6.07, 6.45) is 0. The Morgan fingerprint density at radius 1 is 0.833 bits per heavy atom. The SMILES string of the molecule is CC(N)S(=O)(=O)c1ccccc1S(=O)(=O)C(C)N. The molecule has 0 radical (unpaired) electrons. The minimum atomic E-state index is -3.88. The molecule has 2 atom stereocenters. The monoisotopic (exact) mass is 292 g/mol. The van der Waals surface area contributed by atoms with E-state index in [0.717, 1.165) is 0 Å². The molecule has 8 heteroatoms. The van der Waals surface area contributed by atoms with Crippen LogP contribution in [0.1, 0.15) is 13.8 Å². The van der Waals surface area contributed by atoms with Gasteiger partial charge in [-0.2, -0.15) is 0 Å². The molecule has 0 aliphatic rings. The van der Waals surface area contributed by atoms with Gasteiger partial charge >= 0.3 is 0 Å². The smallest absolute Gasteiger partial charge is 0.195 e. The van der Waals surface area contributed by atoms with E-state index in [1.165, 1.54) is 38.1 Å². The minimum absolute atomic E-state index is 0.308. The van der Waals surface area contributed by atoms with E-state index in [2.05, 4.69) is 0 Å². The number of rotatable bonds is 4. The van der Waals surface area contributed by atoms with Crippen LogP contribution in [-0.4, -0.2) is 27.6 Å². The van der Waals surface area contributed by atoms with Gasteiger partial charge in [0.1, 0.15) is 10.7 Å². The molecule has 0 fully saturated rings. The summed E-state index contributed by atoms with van der Waals surface area (Å²) >= 11 is 0. The normalized spacial score (nSPS) is 16.2. The largest absolute Gasteiger partial charge is 0.315 e. The summed E-state index contributed by atoms with van der Waals surface area (Å²) in [6, 6.07) is 5.31. The summed E-state index contributed by atoms with van der Waals surface area (Å²) < 4.78 is 48.0. The summed E-state index contributed by atoms with van der Waals surface area (Å²) in [5.41, 5.74) is 10.8. The third-order valence-electron chi connectivity index (χ3n) is 2.44. The van der Waals surface area contributed by atoms with Gasteiger partial charge in [-0.15, -0.1) is 0 Å². The second-order valence-corrected chi connectivity index (χ2v) is 8.49. The van der Waals surface area contributed by atoms with Gasteiger partial charge in [0.05, 0.1) is 9.79 Å². The predicted octanol–water partition coefficient (Wildman–Crippen LogP) is -0.157. The maximum absolute atomic E-state index is 12.0. The van der Waals surface area contributed by atoms with E-state index in [1.807, 2.05) is 0 Å². The van der Waals surface area contributed by atoms with Crippen molar-refractivity contribution in [3.8, 4) is 0 Å². The van der Waals surface area contributed by atoms with Crippen molar-refractivity contribution in [3.05, 3.63) is 24.3 Å². The van der Waals surface area contributed by atoms with Crippen molar-refractivity contribution in [2.45, 2.75) is 34.4 Å². The standard InChI is InChI=1S/C10H16N2O4S2/c1-7(11)17(13,14)9-5-3-4-6-10(9)18(15,16)8(2)12/h3-8H,11-12H2,1-2H3. The van der Waals surface area contributed by atoms with E-state index in [0.29, 0.717) is 0 Å². The van der Waals surface area contributed by atoms with Gasteiger partial charge in [-0.05, 0) is 26.0 Å². The predicted molar refractivity (Wildman–Crippen MR) is 68.1 cm³/mol.